The van der Waals surface area contributed by atoms with Crippen molar-refractivity contribution in [1.82, 2.24) is 0 Å². The zero-order valence-electron chi connectivity index (χ0n) is 11.7. The van der Waals surface area contributed by atoms with Crippen molar-refractivity contribution in [3.05, 3.63) is 28.5 Å². The predicted octanol–water partition coefficient (Wildman–Crippen LogP) is 3.68. The number of ether oxygens (including phenoxy) is 1. The Balaban J connectivity index is 2.46. The van der Waals surface area contributed by atoms with Gasteiger partial charge in [0.2, 0.25) is 0 Å². The Hall–Kier alpha value is -1.48. The van der Waals surface area contributed by atoms with Gasteiger partial charge in [-0.2, -0.15) is 0 Å². The van der Waals surface area contributed by atoms with Crippen LogP contribution in [0.4, 0.5) is 0 Å². The van der Waals surface area contributed by atoms with Crippen molar-refractivity contribution in [2.24, 2.45) is 0 Å². The van der Waals surface area contributed by atoms with Gasteiger partial charge in [-0.15, -0.1) is 0 Å². The first kappa shape index (κ1) is 12.5. The molecule has 0 saturated carbocycles. The van der Waals surface area contributed by atoms with Gasteiger partial charge >= 0.3 is 0 Å². The van der Waals surface area contributed by atoms with E-state index in [4.69, 9.17) is 9.15 Å². The highest BCUT2D eigenvalue weighted by molar-refractivity contribution is 5.92. The molecule has 1 N–H and O–H groups in total. The van der Waals surface area contributed by atoms with Crippen LogP contribution in [-0.2, 0) is 13.0 Å². The van der Waals surface area contributed by atoms with Gasteiger partial charge in [0, 0.05) is 10.9 Å². The second-order valence-electron chi connectivity index (χ2n) is 5.48. The van der Waals surface area contributed by atoms with E-state index in [1.165, 1.54) is 24.0 Å². The first-order valence-corrected chi connectivity index (χ1v) is 6.89. The highest BCUT2D eigenvalue weighted by atomic mass is 16.5. The molecule has 0 amide bonds. The minimum Gasteiger partial charge on any atom is -0.493 e. The molecule has 19 heavy (non-hydrogen) atoms. The molecule has 1 aliphatic rings. The maximum absolute atomic E-state index is 9.83. The van der Waals surface area contributed by atoms with E-state index in [2.05, 4.69) is 6.92 Å². The standard InChI is InChI=1S/C16H20O3/c1-9-5-4-6-11-13(9)12(7-17)14-10(2)8-19-16(14)15(11)18-3/h8-9,17H,4-7H2,1-3H3/t9-/m1/s1. The molecule has 1 aromatic heterocycles. The molecule has 3 rings (SSSR count). The van der Waals surface area contributed by atoms with Crippen molar-refractivity contribution in [2.75, 3.05) is 7.11 Å². The average Bonchev–Trinajstić information content (AvgIpc) is 2.79. The van der Waals surface area contributed by atoms with Gasteiger partial charge in [0.25, 0.3) is 0 Å². The fourth-order valence-electron chi connectivity index (χ4n) is 3.52. The van der Waals surface area contributed by atoms with Crippen LogP contribution in [-0.4, -0.2) is 12.2 Å². The van der Waals surface area contributed by atoms with Crippen LogP contribution >= 0.6 is 0 Å². The minimum absolute atomic E-state index is 0.0630. The number of aliphatic hydroxyl groups is 1. The Morgan fingerprint density at radius 2 is 2.26 bits per heavy atom. The summed E-state index contributed by atoms with van der Waals surface area (Å²) in [6.45, 7) is 4.32. The van der Waals surface area contributed by atoms with Gasteiger partial charge in [0.15, 0.2) is 11.3 Å². The Labute approximate surface area is 113 Å². The Kier molecular flexibility index (Phi) is 3.02. The molecule has 1 atom stereocenters. The quantitative estimate of drug-likeness (QED) is 0.895. The zero-order valence-corrected chi connectivity index (χ0v) is 11.7. The summed E-state index contributed by atoms with van der Waals surface area (Å²) in [5.74, 6) is 1.33. The number of hydrogen-bond acceptors (Lipinski definition) is 3. The van der Waals surface area contributed by atoms with Gasteiger partial charge in [-0.3, -0.25) is 0 Å². The van der Waals surface area contributed by atoms with Gasteiger partial charge in [0.05, 0.1) is 20.0 Å². The average molecular weight is 260 g/mol. The van der Waals surface area contributed by atoms with E-state index in [-0.39, 0.29) is 6.61 Å². The second kappa shape index (κ2) is 4.57. The van der Waals surface area contributed by atoms with E-state index in [0.717, 1.165) is 34.3 Å². The minimum atomic E-state index is 0.0630. The van der Waals surface area contributed by atoms with Crippen LogP contribution < -0.4 is 4.74 Å². The largest absolute Gasteiger partial charge is 0.493 e. The Bertz CT molecular complexity index is 625. The highest BCUT2D eigenvalue weighted by Crippen LogP contribution is 2.45. The van der Waals surface area contributed by atoms with Crippen LogP contribution in [0.25, 0.3) is 11.0 Å². The first-order valence-electron chi connectivity index (χ1n) is 6.89. The number of furan rings is 1. The van der Waals surface area contributed by atoms with Crippen molar-refractivity contribution in [1.29, 1.82) is 0 Å². The molecule has 3 nitrogen and oxygen atoms in total. The van der Waals surface area contributed by atoms with Gasteiger partial charge in [-0.25, -0.2) is 0 Å². The van der Waals surface area contributed by atoms with E-state index in [1.807, 2.05) is 6.92 Å². The molecule has 3 heteroatoms. The predicted molar refractivity (Wildman–Crippen MR) is 74.8 cm³/mol. The molecular weight excluding hydrogens is 240 g/mol. The van der Waals surface area contributed by atoms with Crippen molar-refractivity contribution >= 4 is 11.0 Å². The number of aliphatic hydroxyl groups excluding tert-OH is 1. The lowest BCUT2D eigenvalue weighted by Gasteiger charge is -2.27. The fourth-order valence-corrected chi connectivity index (χ4v) is 3.52. The number of methoxy groups -OCH3 is 1. The third-order valence-corrected chi connectivity index (χ3v) is 4.33. The fraction of sp³-hybridized carbons (Fsp3) is 0.500. The molecule has 2 aromatic rings. The molecular formula is C16H20O3. The van der Waals surface area contributed by atoms with Crippen LogP contribution in [0.3, 0.4) is 0 Å². The van der Waals surface area contributed by atoms with E-state index in [9.17, 15) is 5.11 Å². The maximum atomic E-state index is 9.83. The number of rotatable bonds is 2. The Morgan fingerprint density at radius 3 is 2.95 bits per heavy atom. The molecule has 1 aliphatic carbocycles. The summed E-state index contributed by atoms with van der Waals surface area (Å²) in [5.41, 5.74) is 5.40. The number of benzene rings is 1. The number of fused-ring (bicyclic) bond motifs is 2. The summed E-state index contributed by atoms with van der Waals surface area (Å²) in [7, 11) is 1.70. The van der Waals surface area contributed by atoms with Crippen molar-refractivity contribution in [2.45, 2.75) is 45.6 Å². The van der Waals surface area contributed by atoms with Crippen LogP contribution in [0.15, 0.2) is 10.7 Å². The third kappa shape index (κ3) is 1.68. The van der Waals surface area contributed by atoms with E-state index in [0.29, 0.717) is 5.92 Å². The molecule has 102 valence electrons. The summed E-state index contributed by atoms with van der Waals surface area (Å²) >= 11 is 0. The molecule has 0 radical (unpaired) electrons. The van der Waals surface area contributed by atoms with Gasteiger partial charge in [-0.05, 0) is 48.8 Å². The summed E-state index contributed by atoms with van der Waals surface area (Å²) in [6.07, 6.45) is 5.10. The SMILES string of the molecule is COc1c2c(c(CO)c3c(C)coc13)[C@H](C)CCC2. The number of aryl methyl sites for hydroxylation is 1. The van der Waals surface area contributed by atoms with Crippen molar-refractivity contribution in [3.63, 3.8) is 0 Å². The lowest BCUT2D eigenvalue weighted by molar-refractivity contribution is 0.280. The summed E-state index contributed by atoms with van der Waals surface area (Å²) in [5, 5.41) is 10.9. The summed E-state index contributed by atoms with van der Waals surface area (Å²) in [4.78, 5) is 0. The van der Waals surface area contributed by atoms with Crippen molar-refractivity contribution in [3.8, 4) is 5.75 Å². The molecule has 0 fully saturated rings. The molecule has 0 aliphatic heterocycles. The summed E-state index contributed by atoms with van der Waals surface area (Å²) in [6, 6.07) is 0. The number of hydrogen-bond donors (Lipinski definition) is 1. The zero-order chi connectivity index (χ0) is 13.6. The monoisotopic (exact) mass is 260 g/mol. The van der Waals surface area contributed by atoms with Gasteiger partial charge in [0.1, 0.15) is 0 Å². The van der Waals surface area contributed by atoms with Crippen molar-refractivity contribution < 1.29 is 14.3 Å². The molecule has 0 spiro atoms. The molecule has 1 heterocycles. The smallest absolute Gasteiger partial charge is 0.176 e. The first-order chi connectivity index (χ1) is 9.19. The van der Waals surface area contributed by atoms with E-state index in [1.54, 1.807) is 13.4 Å². The van der Waals surface area contributed by atoms with E-state index < -0.39 is 0 Å². The second-order valence-corrected chi connectivity index (χ2v) is 5.48. The van der Waals surface area contributed by atoms with Crippen LogP contribution in [0.2, 0.25) is 0 Å². The lowest BCUT2D eigenvalue weighted by atomic mass is 9.79. The Morgan fingerprint density at radius 1 is 1.47 bits per heavy atom. The highest BCUT2D eigenvalue weighted by Gasteiger charge is 2.28. The lowest BCUT2D eigenvalue weighted by Crippen LogP contribution is -2.12. The van der Waals surface area contributed by atoms with Crippen LogP contribution in [0.1, 0.15) is 47.9 Å². The molecule has 0 bridgehead atoms. The molecule has 0 unspecified atom stereocenters. The van der Waals surface area contributed by atoms with Crippen LogP contribution in [0, 0.1) is 6.92 Å². The topological polar surface area (TPSA) is 42.6 Å². The third-order valence-electron chi connectivity index (χ3n) is 4.33. The van der Waals surface area contributed by atoms with Gasteiger partial charge in [-0.1, -0.05) is 6.92 Å². The van der Waals surface area contributed by atoms with Crippen LogP contribution in [0.5, 0.6) is 5.75 Å². The maximum Gasteiger partial charge on any atom is 0.176 e. The van der Waals surface area contributed by atoms with E-state index >= 15 is 0 Å². The van der Waals surface area contributed by atoms with Gasteiger partial charge < -0.3 is 14.3 Å². The summed E-state index contributed by atoms with van der Waals surface area (Å²) < 4.78 is 11.3. The normalized spacial score (nSPS) is 18.6. The molecule has 1 aromatic carbocycles. The molecule has 0 saturated heterocycles.